The van der Waals surface area contributed by atoms with Gasteiger partial charge in [-0.3, -0.25) is 4.98 Å². The van der Waals surface area contributed by atoms with E-state index in [-0.39, 0.29) is 13.2 Å². The molecule has 0 saturated heterocycles. The predicted molar refractivity (Wildman–Crippen MR) is 112 cm³/mol. The molecule has 0 unspecified atom stereocenters. The molecule has 3 rings (SSSR count). The third kappa shape index (κ3) is 4.77. The van der Waals surface area contributed by atoms with Gasteiger partial charge in [0.2, 0.25) is 7.98 Å². The maximum atomic E-state index is 14.0. The summed E-state index contributed by atoms with van der Waals surface area (Å²) < 4.78 is 19.9. The highest BCUT2D eigenvalue weighted by Crippen LogP contribution is 2.29. The second-order valence-corrected chi connectivity index (χ2v) is 6.70. The highest BCUT2D eigenvalue weighted by molar-refractivity contribution is 6.17. The van der Waals surface area contributed by atoms with E-state index in [1.807, 2.05) is 6.07 Å². The van der Waals surface area contributed by atoms with Gasteiger partial charge in [-0.05, 0) is 54.4 Å². The Labute approximate surface area is 176 Å². The lowest BCUT2D eigenvalue weighted by Crippen LogP contribution is -2.20. The maximum absolute atomic E-state index is 14.0. The molecule has 146 valence electrons. The molecule has 30 heavy (non-hydrogen) atoms. The molecule has 0 N–H and O–H groups in total. The number of aryl methyl sites for hydroxylation is 1. The zero-order valence-electron chi connectivity index (χ0n) is 16.5. The third-order valence-electron chi connectivity index (χ3n) is 4.65. The minimum Gasteiger partial charge on any atom is -0.487 e. The summed E-state index contributed by atoms with van der Waals surface area (Å²) in [6, 6.07) is 18.0. The second-order valence-electron chi connectivity index (χ2n) is 6.70. The molecule has 0 bridgehead atoms. The van der Waals surface area contributed by atoms with Gasteiger partial charge in [0.1, 0.15) is 19.0 Å². The number of benzene rings is 2. The van der Waals surface area contributed by atoms with Crippen LogP contribution in [0.25, 0.3) is 0 Å². The predicted octanol–water partition coefficient (Wildman–Crippen LogP) is 4.27. The fourth-order valence-corrected chi connectivity index (χ4v) is 3.04. The van der Waals surface area contributed by atoms with Gasteiger partial charge in [0.05, 0.1) is 29.0 Å². The van der Waals surface area contributed by atoms with Crippen LogP contribution in [-0.2, 0) is 19.8 Å². The summed E-state index contributed by atoms with van der Waals surface area (Å²) in [7, 11) is 6.16. The van der Waals surface area contributed by atoms with Crippen molar-refractivity contribution in [2.75, 3.05) is 4.81 Å². The number of halogens is 1. The van der Waals surface area contributed by atoms with Crippen LogP contribution in [0.4, 0.5) is 10.1 Å². The van der Waals surface area contributed by atoms with Crippen LogP contribution in [0.3, 0.4) is 0 Å². The number of ether oxygens (including phenoxy) is 1. The fraction of sp³-hybridized carbons (Fsp3) is 0.174. The van der Waals surface area contributed by atoms with E-state index in [9.17, 15) is 4.39 Å². The van der Waals surface area contributed by atoms with Crippen molar-refractivity contribution in [3.63, 3.8) is 0 Å². The van der Waals surface area contributed by atoms with Gasteiger partial charge in [-0.1, -0.05) is 12.1 Å². The summed E-state index contributed by atoms with van der Waals surface area (Å²) >= 11 is 0. The highest BCUT2D eigenvalue weighted by atomic mass is 19.1. The van der Waals surface area contributed by atoms with E-state index in [0.29, 0.717) is 39.4 Å². The number of hydrogen-bond acceptors (Lipinski definition) is 5. The molecule has 0 fully saturated rings. The fourth-order valence-electron chi connectivity index (χ4n) is 3.04. The van der Waals surface area contributed by atoms with Crippen molar-refractivity contribution in [2.45, 2.75) is 26.7 Å². The smallest absolute Gasteiger partial charge is 0.227 e. The molecule has 2 aromatic carbocycles. The van der Waals surface area contributed by atoms with Crippen LogP contribution in [0.1, 0.15) is 33.5 Å². The van der Waals surface area contributed by atoms with E-state index < -0.39 is 6.67 Å². The SMILES string of the molecule is [B]N(Cc1cnc(C)c(OCc2cccc(C#N)c2)c1CF)c1ccc(C#N)cc1. The Balaban J connectivity index is 1.82. The van der Waals surface area contributed by atoms with Crippen LogP contribution in [0.5, 0.6) is 5.75 Å². The molecule has 0 aliphatic heterocycles. The van der Waals surface area contributed by atoms with Gasteiger partial charge in [-0.15, -0.1) is 0 Å². The maximum Gasteiger partial charge on any atom is 0.227 e. The van der Waals surface area contributed by atoms with Gasteiger partial charge >= 0.3 is 0 Å². The summed E-state index contributed by atoms with van der Waals surface area (Å²) in [5.41, 5.74) is 4.14. The summed E-state index contributed by atoms with van der Waals surface area (Å²) in [5, 5.41) is 17.9. The molecular weight excluding hydrogens is 378 g/mol. The number of pyridine rings is 1. The second kappa shape index (κ2) is 9.58. The molecule has 0 aliphatic rings. The van der Waals surface area contributed by atoms with Crippen LogP contribution in [0.2, 0.25) is 0 Å². The van der Waals surface area contributed by atoms with E-state index in [1.54, 1.807) is 55.6 Å². The first-order valence-corrected chi connectivity index (χ1v) is 9.23. The number of nitrogens with zero attached hydrogens (tertiary/aromatic N) is 4. The molecule has 2 radical (unpaired) electrons. The van der Waals surface area contributed by atoms with Gasteiger partial charge in [-0.2, -0.15) is 10.5 Å². The van der Waals surface area contributed by atoms with E-state index in [0.717, 1.165) is 5.56 Å². The quantitative estimate of drug-likeness (QED) is 0.558. The van der Waals surface area contributed by atoms with E-state index in [4.69, 9.17) is 23.2 Å². The Kier molecular flexibility index (Phi) is 6.67. The van der Waals surface area contributed by atoms with Gasteiger partial charge < -0.3 is 9.55 Å². The average molecular weight is 396 g/mol. The lowest BCUT2D eigenvalue weighted by molar-refractivity contribution is 0.293. The number of anilines is 1. The van der Waals surface area contributed by atoms with Gasteiger partial charge in [0.15, 0.2) is 0 Å². The highest BCUT2D eigenvalue weighted by Gasteiger charge is 2.16. The topological polar surface area (TPSA) is 72.9 Å². The molecule has 7 heteroatoms. The minimum absolute atomic E-state index is 0.191. The van der Waals surface area contributed by atoms with Gasteiger partial charge in [0, 0.05) is 24.0 Å². The third-order valence-corrected chi connectivity index (χ3v) is 4.65. The Morgan fingerprint density at radius 1 is 1.10 bits per heavy atom. The number of rotatable bonds is 7. The van der Waals surface area contributed by atoms with Crippen molar-refractivity contribution < 1.29 is 9.13 Å². The standard InChI is InChI=1S/C23H18BFN4O/c1-16-23(30-15-19-4-2-3-18(9-19)12-27)22(10-25)20(13-28-16)14-29(24)21-7-5-17(11-26)6-8-21/h2-9,13H,10,14-15H2,1H3. The monoisotopic (exact) mass is 396 g/mol. The molecule has 0 spiro atoms. The first-order valence-electron chi connectivity index (χ1n) is 9.23. The van der Waals surface area contributed by atoms with Crippen LogP contribution in [-0.4, -0.2) is 13.0 Å². The van der Waals surface area contributed by atoms with Crippen LogP contribution in [0.15, 0.2) is 54.7 Å². The first-order chi connectivity index (χ1) is 14.5. The van der Waals surface area contributed by atoms with Crippen molar-refractivity contribution in [3.8, 4) is 17.9 Å². The van der Waals surface area contributed by atoms with Gasteiger partial charge in [-0.25, -0.2) is 4.39 Å². The Hall–Kier alpha value is -3.84. The Bertz CT molecular complexity index is 1120. The molecule has 0 atom stereocenters. The number of hydrogen-bond donors (Lipinski definition) is 0. The summed E-state index contributed by atoms with van der Waals surface area (Å²) in [4.78, 5) is 5.80. The normalized spacial score (nSPS) is 10.1. The molecular formula is C23H18BFN4O. The van der Waals surface area contributed by atoms with E-state index in [2.05, 4.69) is 17.1 Å². The Morgan fingerprint density at radius 2 is 1.83 bits per heavy atom. The molecule has 1 aromatic heterocycles. The number of nitriles is 2. The lowest BCUT2D eigenvalue weighted by Gasteiger charge is -2.23. The van der Waals surface area contributed by atoms with Crippen molar-refractivity contribution in [2.24, 2.45) is 0 Å². The lowest BCUT2D eigenvalue weighted by atomic mass is 10.1. The average Bonchev–Trinajstić information content (AvgIpc) is 2.79. The number of alkyl halides is 1. The molecule has 0 amide bonds. The van der Waals surface area contributed by atoms with Crippen molar-refractivity contribution in [3.05, 3.63) is 88.2 Å². The zero-order valence-corrected chi connectivity index (χ0v) is 16.5. The molecule has 0 aliphatic carbocycles. The van der Waals surface area contributed by atoms with Gasteiger partial charge in [0.25, 0.3) is 0 Å². The van der Waals surface area contributed by atoms with E-state index in [1.165, 1.54) is 4.81 Å². The molecule has 5 nitrogen and oxygen atoms in total. The van der Waals surface area contributed by atoms with Crippen LogP contribution < -0.4 is 9.55 Å². The van der Waals surface area contributed by atoms with E-state index >= 15 is 0 Å². The molecule has 0 saturated carbocycles. The minimum atomic E-state index is -0.729. The first kappa shape index (κ1) is 20.9. The summed E-state index contributed by atoms with van der Waals surface area (Å²) in [6.45, 7) is 1.44. The summed E-state index contributed by atoms with van der Waals surface area (Å²) in [6.07, 6.45) is 1.59. The van der Waals surface area contributed by atoms with Crippen LogP contribution >= 0.6 is 0 Å². The summed E-state index contributed by atoms with van der Waals surface area (Å²) in [5.74, 6) is 0.380. The van der Waals surface area contributed by atoms with Crippen molar-refractivity contribution in [1.82, 2.24) is 4.98 Å². The van der Waals surface area contributed by atoms with Crippen LogP contribution in [0, 0.1) is 29.6 Å². The zero-order chi connectivity index (χ0) is 21.5. The van der Waals surface area contributed by atoms with Crippen molar-refractivity contribution >= 4 is 13.7 Å². The molecule has 1 heterocycles. The largest absolute Gasteiger partial charge is 0.487 e. The number of aromatic nitrogens is 1. The molecule has 3 aromatic rings. The van der Waals surface area contributed by atoms with Crippen molar-refractivity contribution in [1.29, 1.82) is 10.5 Å². The Morgan fingerprint density at radius 3 is 2.50 bits per heavy atom.